The molecule has 1 unspecified atom stereocenters. The Morgan fingerprint density at radius 1 is 1.11 bits per heavy atom. The van der Waals surface area contributed by atoms with Crippen molar-refractivity contribution < 1.29 is 19.4 Å². The molecule has 1 N–H and O–H groups in total. The number of amides is 1. The molecule has 0 aliphatic carbocycles. The fraction of sp³-hybridized carbons (Fsp3) is 0.214. The number of aliphatic hydroxyl groups excluding tert-OH is 1. The van der Waals surface area contributed by atoms with E-state index in [9.17, 15) is 14.7 Å². The van der Waals surface area contributed by atoms with E-state index in [1.165, 1.54) is 4.90 Å². The Morgan fingerprint density at radius 2 is 1.80 bits per heavy atom. The summed E-state index contributed by atoms with van der Waals surface area (Å²) in [6.07, 6.45) is 3.14. The number of carbonyl (C=O) groups is 2. The molecule has 0 bridgehead atoms. The Bertz CT molecular complexity index is 1340. The van der Waals surface area contributed by atoms with Crippen molar-refractivity contribution in [1.82, 2.24) is 4.98 Å². The molecule has 7 nitrogen and oxygen atoms in total. The Hall–Kier alpha value is -4.44. The van der Waals surface area contributed by atoms with Gasteiger partial charge >= 0.3 is 0 Å². The topological polar surface area (TPSA) is 104 Å². The van der Waals surface area contributed by atoms with Crippen LogP contribution in [0.3, 0.4) is 0 Å². The van der Waals surface area contributed by atoms with Gasteiger partial charge in [-0.1, -0.05) is 13.8 Å². The Balaban J connectivity index is 1.83. The van der Waals surface area contributed by atoms with Gasteiger partial charge in [0.05, 0.1) is 29.9 Å². The van der Waals surface area contributed by atoms with Crippen LogP contribution >= 0.6 is 0 Å². The minimum atomic E-state index is -0.858. The second-order valence-corrected chi connectivity index (χ2v) is 8.79. The summed E-state index contributed by atoms with van der Waals surface area (Å²) < 4.78 is 5.82. The maximum absolute atomic E-state index is 13.2. The van der Waals surface area contributed by atoms with E-state index < -0.39 is 17.7 Å². The first-order valence-corrected chi connectivity index (χ1v) is 11.3. The van der Waals surface area contributed by atoms with Crippen LogP contribution in [-0.2, 0) is 9.59 Å². The average Bonchev–Trinajstić information content (AvgIpc) is 3.13. The molecule has 4 rings (SSSR count). The van der Waals surface area contributed by atoms with Gasteiger partial charge in [-0.2, -0.15) is 5.26 Å². The average molecular weight is 468 g/mol. The quantitative estimate of drug-likeness (QED) is 0.313. The number of nitrogens with zero attached hydrogens (tertiary/aromatic N) is 3. The molecule has 1 aliphatic rings. The molecule has 7 heteroatoms. The van der Waals surface area contributed by atoms with Crippen LogP contribution < -0.4 is 9.64 Å². The molecule has 1 saturated heterocycles. The number of nitriles is 1. The number of ketones is 1. The van der Waals surface area contributed by atoms with Crippen molar-refractivity contribution in [3.05, 3.63) is 94.8 Å². The number of anilines is 1. The molecule has 1 aliphatic heterocycles. The van der Waals surface area contributed by atoms with Crippen LogP contribution in [0.15, 0.2) is 72.6 Å². The Morgan fingerprint density at radius 3 is 2.40 bits per heavy atom. The van der Waals surface area contributed by atoms with Crippen molar-refractivity contribution in [2.75, 3.05) is 11.5 Å². The van der Waals surface area contributed by atoms with Crippen LogP contribution in [0, 0.1) is 24.2 Å². The summed E-state index contributed by atoms with van der Waals surface area (Å²) >= 11 is 0. The highest BCUT2D eigenvalue weighted by Gasteiger charge is 2.47. The monoisotopic (exact) mass is 467 g/mol. The van der Waals surface area contributed by atoms with Crippen LogP contribution in [0.2, 0.25) is 0 Å². The van der Waals surface area contributed by atoms with Gasteiger partial charge < -0.3 is 9.84 Å². The first-order chi connectivity index (χ1) is 16.8. The number of ether oxygens (including phenoxy) is 1. The van der Waals surface area contributed by atoms with E-state index >= 15 is 0 Å². The molecule has 2 heterocycles. The fourth-order valence-electron chi connectivity index (χ4n) is 4.03. The number of rotatable bonds is 6. The molecule has 1 fully saturated rings. The van der Waals surface area contributed by atoms with Gasteiger partial charge in [0, 0.05) is 23.6 Å². The predicted molar refractivity (Wildman–Crippen MR) is 132 cm³/mol. The second-order valence-electron chi connectivity index (χ2n) is 8.79. The number of aryl methyl sites for hydroxylation is 1. The molecule has 1 atom stereocenters. The number of aliphatic hydroxyl groups is 1. The van der Waals surface area contributed by atoms with Crippen molar-refractivity contribution >= 4 is 23.1 Å². The van der Waals surface area contributed by atoms with E-state index in [2.05, 4.69) is 18.8 Å². The van der Waals surface area contributed by atoms with E-state index in [4.69, 9.17) is 10.00 Å². The van der Waals surface area contributed by atoms with E-state index in [0.717, 1.165) is 5.56 Å². The predicted octanol–water partition coefficient (Wildman–Crippen LogP) is 4.92. The summed E-state index contributed by atoms with van der Waals surface area (Å²) in [6, 6.07) is 16.2. The van der Waals surface area contributed by atoms with Crippen molar-refractivity contribution in [1.29, 1.82) is 5.26 Å². The van der Waals surface area contributed by atoms with Crippen LogP contribution in [0.25, 0.3) is 5.76 Å². The van der Waals surface area contributed by atoms with E-state index in [0.29, 0.717) is 40.7 Å². The zero-order valence-electron chi connectivity index (χ0n) is 19.7. The highest BCUT2D eigenvalue weighted by atomic mass is 16.5. The van der Waals surface area contributed by atoms with E-state index in [-0.39, 0.29) is 11.3 Å². The van der Waals surface area contributed by atoms with Gasteiger partial charge in [0.2, 0.25) is 0 Å². The number of pyridine rings is 1. The van der Waals surface area contributed by atoms with Crippen LogP contribution in [0.1, 0.15) is 42.1 Å². The minimum Gasteiger partial charge on any atom is -0.507 e. The van der Waals surface area contributed by atoms with Gasteiger partial charge in [-0.3, -0.25) is 19.5 Å². The Labute approximate surface area is 203 Å². The number of benzene rings is 2. The third kappa shape index (κ3) is 4.64. The maximum Gasteiger partial charge on any atom is 0.300 e. The van der Waals surface area contributed by atoms with Crippen molar-refractivity contribution in [3.8, 4) is 11.8 Å². The van der Waals surface area contributed by atoms with E-state index in [1.807, 2.05) is 13.0 Å². The first-order valence-electron chi connectivity index (χ1n) is 11.3. The standard InChI is InChI=1S/C28H25N3O4/c1-17(2)16-35-23-9-6-21(14-18(23)3)26(32)24-25(20-10-12-30-13-11-20)31(28(34)27(24)33)22-7-4-19(15-29)5-8-22/h4-14,17,25,32H,16H2,1-3H3/b26-24-. The van der Waals surface area contributed by atoms with Crippen molar-refractivity contribution in [2.45, 2.75) is 26.8 Å². The SMILES string of the molecule is Cc1cc(/C(O)=C2/C(=O)C(=O)N(c3ccc(C#N)cc3)C2c2ccncc2)ccc1OCC(C)C. The third-order valence-electron chi connectivity index (χ3n) is 5.76. The molecular formula is C28H25N3O4. The number of carbonyl (C=O) groups excluding carboxylic acids is 2. The normalized spacial score (nSPS) is 17.0. The molecule has 0 saturated carbocycles. The lowest BCUT2D eigenvalue weighted by molar-refractivity contribution is -0.132. The summed E-state index contributed by atoms with van der Waals surface area (Å²) in [4.78, 5) is 31.8. The lowest BCUT2D eigenvalue weighted by atomic mass is 9.95. The Kier molecular flexibility index (Phi) is 6.65. The van der Waals surface area contributed by atoms with Crippen molar-refractivity contribution in [3.63, 3.8) is 0 Å². The lowest BCUT2D eigenvalue weighted by Gasteiger charge is -2.25. The molecule has 1 amide bonds. The molecule has 2 aromatic carbocycles. The van der Waals surface area contributed by atoms with Crippen LogP contribution in [0.4, 0.5) is 5.69 Å². The summed E-state index contributed by atoms with van der Waals surface area (Å²) in [7, 11) is 0. The van der Waals surface area contributed by atoms with Crippen LogP contribution in [-0.4, -0.2) is 28.4 Å². The highest BCUT2D eigenvalue weighted by Crippen LogP contribution is 2.42. The zero-order valence-corrected chi connectivity index (χ0v) is 19.7. The van der Waals surface area contributed by atoms with Gasteiger partial charge in [0.25, 0.3) is 11.7 Å². The fourth-order valence-corrected chi connectivity index (χ4v) is 4.03. The van der Waals surface area contributed by atoms with Crippen molar-refractivity contribution in [2.24, 2.45) is 5.92 Å². The van der Waals surface area contributed by atoms with Gasteiger partial charge in [-0.25, -0.2) is 0 Å². The molecule has 176 valence electrons. The minimum absolute atomic E-state index is 0.0131. The molecule has 3 aromatic rings. The molecule has 0 radical (unpaired) electrons. The largest absolute Gasteiger partial charge is 0.507 e. The number of hydrogen-bond donors (Lipinski definition) is 1. The second kappa shape index (κ2) is 9.82. The van der Waals surface area contributed by atoms with Gasteiger partial charge in [-0.05, 0) is 78.6 Å². The van der Waals surface area contributed by atoms with Gasteiger partial charge in [-0.15, -0.1) is 0 Å². The lowest BCUT2D eigenvalue weighted by Crippen LogP contribution is -2.29. The number of hydrogen-bond acceptors (Lipinski definition) is 6. The first kappa shape index (κ1) is 23.7. The van der Waals surface area contributed by atoms with Crippen LogP contribution in [0.5, 0.6) is 5.75 Å². The molecule has 35 heavy (non-hydrogen) atoms. The summed E-state index contributed by atoms with van der Waals surface area (Å²) in [5.41, 5.74) is 2.70. The number of Topliss-reactive ketones (excluding diaryl/α,β-unsaturated/α-hetero) is 1. The van der Waals surface area contributed by atoms with Gasteiger partial charge in [0.15, 0.2) is 0 Å². The summed E-state index contributed by atoms with van der Waals surface area (Å²) in [5.74, 6) is -0.752. The third-order valence-corrected chi connectivity index (χ3v) is 5.76. The molecular weight excluding hydrogens is 442 g/mol. The van der Waals surface area contributed by atoms with Gasteiger partial charge in [0.1, 0.15) is 11.5 Å². The summed E-state index contributed by atoms with van der Waals surface area (Å²) in [6.45, 7) is 6.54. The number of aromatic nitrogens is 1. The highest BCUT2D eigenvalue weighted by molar-refractivity contribution is 6.51. The van der Waals surface area contributed by atoms with E-state index in [1.54, 1.807) is 67.0 Å². The summed E-state index contributed by atoms with van der Waals surface area (Å²) in [5, 5.41) is 20.4. The smallest absolute Gasteiger partial charge is 0.300 e. The zero-order chi connectivity index (χ0) is 25.1. The maximum atomic E-state index is 13.2. The molecule has 1 aromatic heterocycles. The molecule has 0 spiro atoms.